The lowest BCUT2D eigenvalue weighted by molar-refractivity contribution is 0.235. The van der Waals surface area contributed by atoms with E-state index in [1.807, 2.05) is 0 Å². The topological polar surface area (TPSA) is 48.1 Å². The second-order valence-corrected chi connectivity index (χ2v) is 6.72. The Hall–Kier alpha value is -1.43. The molecule has 0 aliphatic carbocycles. The highest BCUT2D eigenvalue weighted by molar-refractivity contribution is 7.09. The maximum absolute atomic E-state index is 11.8. The lowest BCUT2D eigenvalue weighted by Crippen LogP contribution is -2.42. The number of aromatic nitrogens is 1. The van der Waals surface area contributed by atoms with Crippen LogP contribution in [0.25, 0.3) is 11.3 Å². The van der Waals surface area contributed by atoms with Crippen LogP contribution in [0.1, 0.15) is 16.0 Å². The van der Waals surface area contributed by atoms with E-state index in [2.05, 4.69) is 47.2 Å². The molecular weight excluding hydrogens is 282 g/mol. The summed E-state index contributed by atoms with van der Waals surface area (Å²) in [4.78, 5) is 18.5. The third-order valence-electron chi connectivity index (χ3n) is 3.95. The van der Waals surface area contributed by atoms with Crippen LogP contribution in [0.3, 0.4) is 0 Å². The van der Waals surface area contributed by atoms with Crippen LogP contribution in [-0.2, 0) is 6.54 Å². The Morgan fingerprint density at radius 3 is 2.71 bits per heavy atom. The van der Waals surface area contributed by atoms with Crippen molar-refractivity contribution in [2.75, 3.05) is 26.2 Å². The number of rotatable bonds is 3. The third-order valence-corrected chi connectivity index (χ3v) is 4.82. The van der Waals surface area contributed by atoms with E-state index >= 15 is 0 Å². The number of aryl methyl sites for hydroxylation is 2. The van der Waals surface area contributed by atoms with E-state index in [9.17, 15) is 4.79 Å². The van der Waals surface area contributed by atoms with Gasteiger partial charge in [0.1, 0.15) is 0 Å². The molecule has 4 nitrogen and oxygen atoms in total. The summed E-state index contributed by atoms with van der Waals surface area (Å²) in [5.74, 6) is 0. The van der Waals surface area contributed by atoms with E-state index in [1.165, 1.54) is 22.5 Å². The van der Waals surface area contributed by atoms with Crippen molar-refractivity contribution in [1.29, 1.82) is 0 Å². The summed E-state index contributed by atoms with van der Waals surface area (Å²) >= 11 is 1.34. The van der Waals surface area contributed by atoms with Crippen molar-refractivity contribution in [2.45, 2.75) is 20.4 Å². The number of benzene rings is 1. The number of thiazole rings is 1. The maximum Gasteiger partial charge on any atom is 0.305 e. The molecule has 0 atom stereocenters. The summed E-state index contributed by atoms with van der Waals surface area (Å²) in [7, 11) is 0. The fourth-order valence-electron chi connectivity index (χ4n) is 2.86. The molecule has 3 rings (SSSR count). The Morgan fingerprint density at radius 1 is 1.24 bits per heavy atom. The highest BCUT2D eigenvalue weighted by Crippen LogP contribution is 2.28. The Bertz CT molecular complexity index is 683. The summed E-state index contributed by atoms with van der Waals surface area (Å²) in [6, 6.07) is 6.39. The Balaban J connectivity index is 1.93. The Kier molecular flexibility index (Phi) is 4.24. The third kappa shape index (κ3) is 3.26. The first-order valence-electron chi connectivity index (χ1n) is 7.36. The van der Waals surface area contributed by atoms with Gasteiger partial charge in [0.25, 0.3) is 0 Å². The molecule has 21 heavy (non-hydrogen) atoms. The number of nitrogens with one attached hydrogen (secondary N) is 2. The normalized spacial score (nSPS) is 16.3. The molecule has 0 bridgehead atoms. The van der Waals surface area contributed by atoms with E-state index in [0.717, 1.165) is 48.9 Å². The second-order valence-electron chi connectivity index (χ2n) is 5.66. The van der Waals surface area contributed by atoms with E-state index in [4.69, 9.17) is 0 Å². The molecule has 5 heteroatoms. The summed E-state index contributed by atoms with van der Waals surface area (Å²) in [5, 5.41) is 3.36. The van der Waals surface area contributed by atoms with Gasteiger partial charge in [0.15, 0.2) is 0 Å². The summed E-state index contributed by atoms with van der Waals surface area (Å²) in [5.41, 5.74) is 4.60. The molecule has 112 valence electrons. The van der Waals surface area contributed by atoms with Crippen LogP contribution in [-0.4, -0.2) is 36.1 Å². The molecule has 1 aliphatic heterocycles. The van der Waals surface area contributed by atoms with Crippen LogP contribution in [0.2, 0.25) is 0 Å². The summed E-state index contributed by atoms with van der Waals surface area (Å²) in [6.45, 7) is 9.18. The van der Waals surface area contributed by atoms with Gasteiger partial charge >= 0.3 is 4.87 Å². The van der Waals surface area contributed by atoms with Crippen LogP contribution < -0.4 is 10.2 Å². The van der Waals surface area contributed by atoms with Gasteiger partial charge in [-0.2, -0.15) is 0 Å². The summed E-state index contributed by atoms with van der Waals surface area (Å²) < 4.78 is 0. The van der Waals surface area contributed by atoms with Crippen molar-refractivity contribution in [1.82, 2.24) is 15.2 Å². The predicted octanol–water partition coefficient (Wildman–Crippen LogP) is 2.13. The molecule has 1 aliphatic rings. The lowest BCUT2D eigenvalue weighted by Gasteiger charge is -2.26. The van der Waals surface area contributed by atoms with Crippen LogP contribution in [0.5, 0.6) is 0 Å². The first kappa shape index (κ1) is 14.5. The molecule has 2 aromatic rings. The van der Waals surface area contributed by atoms with Crippen molar-refractivity contribution in [2.24, 2.45) is 0 Å². The second kappa shape index (κ2) is 6.13. The highest BCUT2D eigenvalue weighted by Gasteiger charge is 2.17. The number of hydrogen-bond donors (Lipinski definition) is 2. The standard InChI is InChI=1S/C16H21N3OS/c1-11-3-4-13(12(2)9-11)15-14(21-16(20)18-15)10-19-7-5-17-6-8-19/h3-4,9,17H,5-8,10H2,1-2H3,(H,18,20). The average Bonchev–Trinajstić information content (AvgIpc) is 2.80. The van der Waals surface area contributed by atoms with Crippen LogP contribution in [0, 0.1) is 13.8 Å². The van der Waals surface area contributed by atoms with Crippen molar-refractivity contribution >= 4 is 11.3 Å². The molecular formula is C16H21N3OS. The fourth-order valence-corrected chi connectivity index (χ4v) is 3.74. The van der Waals surface area contributed by atoms with E-state index in [-0.39, 0.29) is 4.87 Å². The maximum atomic E-state index is 11.8. The SMILES string of the molecule is Cc1ccc(-c2[nH]c(=O)sc2CN2CCNCC2)c(C)c1. The number of hydrogen-bond acceptors (Lipinski definition) is 4. The van der Waals surface area contributed by atoms with Crippen molar-refractivity contribution < 1.29 is 0 Å². The molecule has 0 unspecified atom stereocenters. The molecule has 1 aromatic heterocycles. The number of aromatic amines is 1. The molecule has 2 heterocycles. The molecule has 0 amide bonds. The van der Waals surface area contributed by atoms with Gasteiger partial charge in [0.05, 0.1) is 5.69 Å². The van der Waals surface area contributed by atoms with Gasteiger partial charge in [0.2, 0.25) is 0 Å². The van der Waals surface area contributed by atoms with Gasteiger partial charge in [-0.25, -0.2) is 0 Å². The van der Waals surface area contributed by atoms with Gasteiger partial charge in [-0.3, -0.25) is 9.69 Å². The number of nitrogens with zero attached hydrogens (tertiary/aromatic N) is 1. The van der Waals surface area contributed by atoms with Gasteiger partial charge in [-0.05, 0) is 19.4 Å². The van der Waals surface area contributed by atoms with Gasteiger partial charge in [0, 0.05) is 43.2 Å². The molecule has 2 N–H and O–H groups in total. The Morgan fingerprint density at radius 2 is 2.00 bits per heavy atom. The zero-order valence-electron chi connectivity index (χ0n) is 12.5. The number of H-pyrrole nitrogens is 1. The van der Waals surface area contributed by atoms with Gasteiger partial charge < -0.3 is 10.3 Å². The van der Waals surface area contributed by atoms with E-state index in [0.29, 0.717) is 0 Å². The fraction of sp³-hybridized carbons (Fsp3) is 0.438. The van der Waals surface area contributed by atoms with Crippen LogP contribution in [0.15, 0.2) is 23.0 Å². The monoisotopic (exact) mass is 303 g/mol. The first-order valence-corrected chi connectivity index (χ1v) is 8.18. The van der Waals surface area contributed by atoms with E-state index in [1.54, 1.807) is 0 Å². The van der Waals surface area contributed by atoms with Crippen LogP contribution >= 0.6 is 11.3 Å². The van der Waals surface area contributed by atoms with Crippen molar-refractivity contribution in [3.8, 4) is 11.3 Å². The Labute approximate surface area is 128 Å². The quantitative estimate of drug-likeness (QED) is 0.913. The average molecular weight is 303 g/mol. The molecule has 0 saturated carbocycles. The largest absolute Gasteiger partial charge is 0.314 e. The zero-order chi connectivity index (χ0) is 14.8. The van der Waals surface area contributed by atoms with Crippen molar-refractivity contribution in [3.63, 3.8) is 0 Å². The minimum Gasteiger partial charge on any atom is -0.314 e. The highest BCUT2D eigenvalue weighted by atomic mass is 32.1. The molecule has 0 radical (unpaired) electrons. The van der Waals surface area contributed by atoms with E-state index < -0.39 is 0 Å². The first-order chi connectivity index (χ1) is 10.1. The minimum atomic E-state index is 0.0371. The number of piperazine rings is 1. The molecule has 1 saturated heterocycles. The summed E-state index contributed by atoms with van der Waals surface area (Å²) in [6.07, 6.45) is 0. The molecule has 0 spiro atoms. The molecule has 1 aromatic carbocycles. The van der Waals surface area contributed by atoms with Gasteiger partial charge in [-0.1, -0.05) is 35.1 Å². The predicted molar refractivity (Wildman–Crippen MR) is 88.0 cm³/mol. The zero-order valence-corrected chi connectivity index (χ0v) is 13.3. The lowest BCUT2D eigenvalue weighted by atomic mass is 10.0. The molecule has 1 fully saturated rings. The minimum absolute atomic E-state index is 0.0371. The van der Waals surface area contributed by atoms with Crippen LogP contribution in [0.4, 0.5) is 0 Å². The van der Waals surface area contributed by atoms with Gasteiger partial charge in [-0.15, -0.1) is 0 Å². The van der Waals surface area contributed by atoms with Crippen molar-refractivity contribution in [3.05, 3.63) is 43.9 Å². The smallest absolute Gasteiger partial charge is 0.305 e.